The molecule has 19 heavy (non-hydrogen) atoms. The minimum Gasteiger partial charge on any atom is -0.496 e. The number of rotatable bonds is 4. The summed E-state index contributed by atoms with van der Waals surface area (Å²) in [6, 6.07) is 8.28. The summed E-state index contributed by atoms with van der Waals surface area (Å²) in [6.45, 7) is 4.34. The molecule has 0 aliphatic carbocycles. The van der Waals surface area contributed by atoms with Crippen LogP contribution >= 0.6 is 0 Å². The highest BCUT2D eigenvalue weighted by Crippen LogP contribution is 2.27. The molecule has 0 spiro atoms. The fourth-order valence-corrected chi connectivity index (χ4v) is 2.01. The molecule has 2 aromatic rings. The Morgan fingerprint density at radius 2 is 2.00 bits per heavy atom. The summed E-state index contributed by atoms with van der Waals surface area (Å²) >= 11 is 0. The van der Waals surface area contributed by atoms with Crippen molar-refractivity contribution in [2.24, 2.45) is 7.05 Å². The normalized spacial score (nSPS) is 11.4. The van der Waals surface area contributed by atoms with Gasteiger partial charge < -0.3 is 4.74 Å². The van der Waals surface area contributed by atoms with Crippen LogP contribution in [0.2, 0.25) is 0 Å². The fourth-order valence-electron chi connectivity index (χ4n) is 2.01. The van der Waals surface area contributed by atoms with E-state index in [2.05, 4.69) is 43.2 Å². The van der Waals surface area contributed by atoms with Gasteiger partial charge in [-0.2, -0.15) is 5.10 Å². The van der Waals surface area contributed by atoms with Gasteiger partial charge in [0, 0.05) is 13.2 Å². The Kier molecular flexibility index (Phi) is 4.05. The molecule has 3 heteroatoms. The summed E-state index contributed by atoms with van der Waals surface area (Å²) in [5.74, 6) is 1.40. The third-order valence-corrected chi connectivity index (χ3v) is 3.06. The van der Waals surface area contributed by atoms with Crippen LogP contribution in [0.25, 0.3) is 12.2 Å². The average Bonchev–Trinajstić information content (AvgIpc) is 2.81. The summed E-state index contributed by atoms with van der Waals surface area (Å²) < 4.78 is 7.24. The molecule has 100 valence electrons. The zero-order valence-corrected chi connectivity index (χ0v) is 11.9. The summed E-state index contributed by atoms with van der Waals surface area (Å²) in [4.78, 5) is 0. The van der Waals surface area contributed by atoms with Gasteiger partial charge in [-0.25, -0.2) is 0 Å². The molecule has 3 nitrogen and oxygen atoms in total. The molecule has 0 radical (unpaired) electrons. The van der Waals surface area contributed by atoms with Crippen LogP contribution in [-0.2, 0) is 7.05 Å². The van der Waals surface area contributed by atoms with Gasteiger partial charge in [0.2, 0.25) is 0 Å². The van der Waals surface area contributed by atoms with Crippen LogP contribution in [-0.4, -0.2) is 16.9 Å². The summed E-state index contributed by atoms with van der Waals surface area (Å²) in [5, 5.41) is 4.31. The van der Waals surface area contributed by atoms with Crippen LogP contribution < -0.4 is 4.74 Å². The van der Waals surface area contributed by atoms with Crippen LogP contribution in [0.15, 0.2) is 30.5 Å². The van der Waals surface area contributed by atoms with Crippen molar-refractivity contribution in [3.05, 3.63) is 47.3 Å². The number of aryl methyl sites for hydroxylation is 1. The molecule has 1 heterocycles. The predicted octanol–water partition coefficient (Wildman–Crippen LogP) is 3.72. The van der Waals surface area contributed by atoms with Gasteiger partial charge in [-0.15, -0.1) is 0 Å². The van der Waals surface area contributed by atoms with Gasteiger partial charge in [0.05, 0.1) is 12.8 Å². The van der Waals surface area contributed by atoms with Crippen molar-refractivity contribution in [2.45, 2.75) is 19.8 Å². The maximum Gasteiger partial charge on any atom is 0.122 e. The van der Waals surface area contributed by atoms with Gasteiger partial charge in [-0.05, 0) is 35.3 Å². The van der Waals surface area contributed by atoms with E-state index < -0.39 is 0 Å². The second-order valence-corrected chi connectivity index (χ2v) is 4.90. The van der Waals surface area contributed by atoms with E-state index in [0.29, 0.717) is 5.92 Å². The lowest BCUT2D eigenvalue weighted by Gasteiger charge is -2.12. The van der Waals surface area contributed by atoms with E-state index in [-0.39, 0.29) is 0 Å². The predicted molar refractivity (Wildman–Crippen MR) is 79.2 cm³/mol. The largest absolute Gasteiger partial charge is 0.496 e. The Labute approximate surface area is 114 Å². The van der Waals surface area contributed by atoms with Gasteiger partial charge in [0.1, 0.15) is 5.75 Å². The van der Waals surface area contributed by atoms with Crippen molar-refractivity contribution in [3.63, 3.8) is 0 Å². The van der Waals surface area contributed by atoms with Gasteiger partial charge in [0.15, 0.2) is 0 Å². The van der Waals surface area contributed by atoms with E-state index in [0.717, 1.165) is 17.0 Å². The molecule has 0 atom stereocenters. The maximum absolute atomic E-state index is 5.45. The van der Waals surface area contributed by atoms with Crippen LogP contribution in [0.5, 0.6) is 5.75 Å². The molecule has 0 fully saturated rings. The molecule has 0 saturated heterocycles. The van der Waals surface area contributed by atoms with Gasteiger partial charge in [-0.3, -0.25) is 4.68 Å². The topological polar surface area (TPSA) is 27.1 Å². The van der Waals surface area contributed by atoms with Gasteiger partial charge in [0.25, 0.3) is 0 Å². The van der Waals surface area contributed by atoms with E-state index in [1.54, 1.807) is 11.8 Å². The molecule has 0 aliphatic rings. The van der Waals surface area contributed by atoms with Crippen molar-refractivity contribution >= 4 is 12.2 Å². The molecule has 0 bridgehead atoms. The number of aromatic nitrogens is 2. The Hall–Kier alpha value is -2.03. The number of methoxy groups -OCH3 is 1. The molecule has 0 saturated carbocycles. The monoisotopic (exact) mass is 256 g/mol. The Balaban J connectivity index is 2.24. The van der Waals surface area contributed by atoms with Crippen molar-refractivity contribution in [3.8, 4) is 5.75 Å². The lowest BCUT2D eigenvalue weighted by Crippen LogP contribution is -1.94. The Morgan fingerprint density at radius 3 is 2.58 bits per heavy atom. The van der Waals surface area contributed by atoms with Crippen molar-refractivity contribution < 1.29 is 4.74 Å². The highest BCUT2D eigenvalue weighted by Gasteiger charge is 2.06. The first-order chi connectivity index (χ1) is 9.10. The molecule has 2 rings (SSSR count). The van der Waals surface area contributed by atoms with Gasteiger partial charge >= 0.3 is 0 Å². The SMILES string of the molecule is COc1cc(/C=C/c2ccn(C)n2)ccc1C(C)C. The average molecular weight is 256 g/mol. The molecular formula is C16H20N2O. The zero-order chi connectivity index (χ0) is 13.8. The number of benzene rings is 1. The second-order valence-electron chi connectivity index (χ2n) is 4.90. The third kappa shape index (κ3) is 3.25. The first-order valence-electron chi connectivity index (χ1n) is 6.46. The summed E-state index contributed by atoms with van der Waals surface area (Å²) in [7, 11) is 3.63. The van der Waals surface area contributed by atoms with Crippen molar-refractivity contribution in [1.82, 2.24) is 9.78 Å². The first-order valence-corrected chi connectivity index (χ1v) is 6.46. The van der Waals surface area contributed by atoms with Crippen LogP contribution in [0.3, 0.4) is 0 Å². The van der Waals surface area contributed by atoms with Crippen molar-refractivity contribution in [2.75, 3.05) is 7.11 Å². The molecular weight excluding hydrogens is 236 g/mol. The number of hydrogen-bond donors (Lipinski definition) is 0. The van der Waals surface area contributed by atoms with Crippen molar-refractivity contribution in [1.29, 1.82) is 0 Å². The van der Waals surface area contributed by atoms with E-state index >= 15 is 0 Å². The molecule has 0 amide bonds. The quantitative estimate of drug-likeness (QED) is 0.833. The Morgan fingerprint density at radius 1 is 1.21 bits per heavy atom. The van der Waals surface area contributed by atoms with E-state index in [1.807, 2.05) is 25.4 Å². The molecule has 1 aromatic carbocycles. The highest BCUT2D eigenvalue weighted by atomic mass is 16.5. The minimum absolute atomic E-state index is 0.462. The van der Waals surface area contributed by atoms with E-state index in [4.69, 9.17) is 4.74 Å². The van der Waals surface area contributed by atoms with E-state index in [9.17, 15) is 0 Å². The number of hydrogen-bond acceptors (Lipinski definition) is 2. The van der Waals surface area contributed by atoms with Crippen LogP contribution in [0.4, 0.5) is 0 Å². The Bertz CT molecular complexity index is 582. The summed E-state index contributed by atoms with van der Waals surface area (Å²) in [6.07, 6.45) is 5.99. The summed E-state index contributed by atoms with van der Waals surface area (Å²) in [5.41, 5.74) is 3.30. The molecule has 1 aromatic heterocycles. The molecule has 0 N–H and O–H groups in total. The van der Waals surface area contributed by atoms with Crippen LogP contribution in [0, 0.1) is 0 Å². The minimum atomic E-state index is 0.462. The lowest BCUT2D eigenvalue weighted by molar-refractivity contribution is 0.407. The molecule has 0 aliphatic heterocycles. The maximum atomic E-state index is 5.45. The van der Waals surface area contributed by atoms with Crippen LogP contribution in [0.1, 0.15) is 36.6 Å². The third-order valence-electron chi connectivity index (χ3n) is 3.06. The standard InChI is InChI=1S/C16H20N2O/c1-12(2)15-8-6-13(11-16(15)19-4)5-7-14-9-10-18(3)17-14/h5-12H,1-4H3/b7-5+. The van der Waals surface area contributed by atoms with E-state index in [1.165, 1.54) is 5.56 Å². The fraction of sp³-hybridized carbons (Fsp3) is 0.312. The highest BCUT2D eigenvalue weighted by molar-refractivity contribution is 5.69. The smallest absolute Gasteiger partial charge is 0.122 e. The lowest BCUT2D eigenvalue weighted by atomic mass is 10.00. The zero-order valence-electron chi connectivity index (χ0n) is 11.9. The number of ether oxygens (including phenoxy) is 1. The molecule has 0 unspecified atom stereocenters. The van der Waals surface area contributed by atoms with Gasteiger partial charge in [-0.1, -0.05) is 32.1 Å². The number of nitrogens with zero attached hydrogens (tertiary/aromatic N) is 2. The first kappa shape index (κ1) is 13.4. The second kappa shape index (κ2) is 5.74.